The number of likely N-dealkylation sites (tertiary alicyclic amines) is 1. The first-order valence-corrected chi connectivity index (χ1v) is 5.43. The van der Waals surface area contributed by atoms with Gasteiger partial charge in [-0.3, -0.25) is 4.79 Å². The van der Waals surface area contributed by atoms with Gasteiger partial charge >= 0.3 is 0 Å². The summed E-state index contributed by atoms with van der Waals surface area (Å²) in [6, 6.07) is 6.18. The van der Waals surface area contributed by atoms with Crippen LogP contribution in [0.3, 0.4) is 0 Å². The molecule has 4 heteroatoms. The third-order valence-electron chi connectivity index (χ3n) is 2.80. The first-order valence-electron chi connectivity index (χ1n) is 5.43. The number of rotatable bonds is 1. The predicted octanol–water partition coefficient (Wildman–Crippen LogP) is 0.989. The van der Waals surface area contributed by atoms with Crippen molar-refractivity contribution in [1.29, 1.82) is 0 Å². The average molecular weight is 221 g/mol. The molecule has 0 saturated carbocycles. The normalized spacial score (nSPS) is 20.8. The second-order valence-corrected chi connectivity index (χ2v) is 4.09. The minimum atomic E-state index is -0.408. The number of nitrogens with zero attached hydrogens (tertiary/aromatic N) is 1. The lowest BCUT2D eigenvalue weighted by Gasteiger charge is -2.30. The van der Waals surface area contributed by atoms with E-state index in [0.717, 1.165) is 12.8 Å². The van der Waals surface area contributed by atoms with Gasteiger partial charge in [-0.15, -0.1) is 0 Å². The molecule has 1 heterocycles. The van der Waals surface area contributed by atoms with E-state index < -0.39 is 6.10 Å². The Morgan fingerprint density at radius 2 is 2.00 bits per heavy atom. The van der Waals surface area contributed by atoms with E-state index in [1.807, 2.05) is 0 Å². The number of benzene rings is 1. The molecule has 1 amide bonds. The Morgan fingerprint density at radius 1 is 1.31 bits per heavy atom. The number of carbonyl (C=O) groups is 1. The van der Waals surface area contributed by atoms with Gasteiger partial charge in [-0.1, -0.05) is 0 Å². The first-order chi connectivity index (χ1) is 7.66. The molecule has 1 aromatic rings. The largest absolute Gasteiger partial charge is 0.508 e. The van der Waals surface area contributed by atoms with Gasteiger partial charge in [0.25, 0.3) is 5.91 Å². The van der Waals surface area contributed by atoms with Gasteiger partial charge < -0.3 is 15.1 Å². The van der Waals surface area contributed by atoms with Crippen molar-refractivity contribution < 1.29 is 15.0 Å². The van der Waals surface area contributed by atoms with Gasteiger partial charge in [0.05, 0.1) is 6.10 Å². The molecule has 16 heavy (non-hydrogen) atoms. The summed E-state index contributed by atoms with van der Waals surface area (Å²) in [6.45, 7) is 1.09. The van der Waals surface area contributed by atoms with Gasteiger partial charge in [-0.25, -0.2) is 0 Å². The molecule has 1 aliphatic heterocycles. The molecule has 86 valence electrons. The molecule has 1 saturated heterocycles. The molecule has 1 atom stereocenters. The van der Waals surface area contributed by atoms with E-state index in [1.54, 1.807) is 17.0 Å². The van der Waals surface area contributed by atoms with E-state index in [1.165, 1.54) is 12.1 Å². The number of hydrogen-bond donors (Lipinski definition) is 2. The van der Waals surface area contributed by atoms with Crippen LogP contribution in [-0.2, 0) is 0 Å². The molecule has 0 radical (unpaired) electrons. The van der Waals surface area contributed by atoms with Crippen molar-refractivity contribution in [2.45, 2.75) is 18.9 Å². The third kappa shape index (κ3) is 2.33. The molecule has 0 aliphatic carbocycles. The van der Waals surface area contributed by atoms with E-state index in [-0.39, 0.29) is 11.7 Å². The van der Waals surface area contributed by atoms with Crippen LogP contribution in [0.4, 0.5) is 0 Å². The Bertz CT molecular complexity index is 374. The van der Waals surface area contributed by atoms with Crippen LogP contribution < -0.4 is 0 Å². The first kappa shape index (κ1) is 11.0. The highest BCUT2D eigenvalue weighted by Crippen LogP contribution is 2.15. The Balaban J connectivity index is 2.09. The molecule has 2 N–H and O–H groups in total. The summed E-state index contributed by atoms with van der Waals surface area (Å²) in [4.78, 5) is 13.6. The molecule has 2 rings (SSSR count). The highest BCUT2D eigenvalue weighted by molar-refractivity contribution is 5.94. The number of aliphatic hydroxyl groups is 1. The van der Waals surface area contributed by atoms with Crippen molar-refractivity contribution >= 4 is 5.91 Å². The molecule has 1 unspecified atom stereocenters. The van der Waals surface area contributed by atoms with Crippen LogP contribution in [0, 0.1) is 0 Å². The highest BCUT2D eigenvalue weighted by Gasteiger charge is 2.22. The summed E-state index contributed by atoms with van der Waals surface area (Å²) >= 11 is 0. The van der Waals surface area contributed by atoms with Crippen molar-refractivity contribution in [3.05, 3.63) is 29.8 Å². The van der Waals surface area contributed by atoms with E-state index >= 15 is 0 Å². The molecular weight excluding hydrogens is 206 g/mol. The number of piperidine rings is 1. The quantitative estimate of drug-likeness (QED) is 0.743. The minimum absolute atomic E-state index is 0.0845. The van der Waals surface area contributed by atoms with Crippen LogP contribution in [-0.4, -0.2) is 40.2 Å². The second-order valence-electron chi connectivity index (χ2n) is 4.09. The van der Waals surface area contributed by atoms with Crippen LogP contribution in [0.15, 0.2) is 24.3 Å². The number of amides is 1. The van der Waals surface area contributed by atoms with Crippen LogP contribution in [0.1, 0.15) is 23.2 Å². The Hall–Kier alpha value is -1.55. The lowest BCUT2D eigenvalue weighted by Crippen LogP contribution is -2.42. The van der Waals surface area contributed by atoms with Crippen LogP contribution in [0.2, 0.25) is 0 Å². The number of phenols is 1. The molecule has 0 aromatic heterocycles. The Kier molecular flexibility index (Phi) is 3.10. The van der Waals surface area contributed by atoms with Crippen molar-refractivity contribution in [3.8, 4) is 5.75 Å². The number of phenolic OH excluding ortho intramolecular Hbond substituents is 1. The van der Waals surface area contributed by atoms with Gasteiger partial charge in [0.15, 0.2) is 0 Å². The lowest BCUT2D eigenvalue weighted by atomic mass is 10.1. The zero-order chi connectivity index (χ0) is 11.5. The van der Waals surface area contributed by atoms with E-state index in [9.17, 15) is 9.90 Å². The summed E-state index contributed by atoms with van der Waals surface area (Å²) in [6.07, 6.45) is 1.19. The van der Waals surface area contributed by atoms with Gasteiger partial charge in [-0.05, 0) is 37.1 Å². The number of aromatic hydroxyl groups is 1. The minimum Gasteiger partial charge on any atom is -0.508 e. The average Bonchev–Trinajstić information content (AvgIpc) is 2.29. The number of β-amino-alcohol motifs (C(OH)–C–C–N with tert-alkyl or cyclic N) is 1. The van der Waals surface area contributed by atoms with E-state index in [0.29, 0.717) is 18.7 Å². The Labute approximate surface area is 94.1 Å². The van der Waals surface area contributed by atoms with Crippen molar-refractivity contribution in [2.75, 3.05) is 13.1 Å². The number of hydrogen-bond acceptors (Lipinski definition) is 3. The monoisotopic (exact) mass is 221 g/mol. The predicted molar refractivity (Wildman–Crippen MR) is 59.3 cm³/mol. The fourth-order valence-corrected chi connectivity index (χ4v) is 1.93. The summed E-state index contributed by atoms with van der Waals surface area (Å²) in [5.74, 6) is 0.0639. The molecule has 1 fully saturated rings. The number of aliphatic hydroxyl groups excluding tert-OH is 1. The molecule has 4 nitrogen and oxygen atoms in total. The van der Waals surface area contributed by atoms with E-state index in [4.69, 9.17) is 5.11 Å². The molecular formula is C12H15NO3. The summed E-state index contributed by atoms with van der Waals surface area (Å²) in [7, 11) is 0. The second kappa shape index (κ2) is 4.53. The highest BCUT2D eigenvalue weighted by atomic mass is 16.3. The summed E-state index contributed by atoms with van der Waals surface area (Å²) in [5, 5.41) is 18.6. The smallest absolute Gasteiger partial charge is 0.253 e. The number of carbonyl (C=O) groups excluding carboxylic acids is 1. The van der Waals surface area contributed by atoms with Crippen molar-refractivity contribution in [2.24, 2.45) is 0 Å². The van der Waals surface area contributed by atoms with Crippen molar-refractivity contribution in [1.82, 2.24) is 4.90 Å². The van der Waals surface area contributed by atoms with Gasteiger partial charge in [0, 0.05) is 18.7 Å². The molecule has 1 aromatic carbocycles. The van der Waals surface area contributed by atoms with Gasteiger partial charge in [0.2, 0.25) is 0 Å². The fraction of sp³-hybridized carbons (Fsp3) is 0.417. The molecule has 0 spiro atoms. The van der Waals surface area contributed by atoms with Gasteiger partial charge in [0.1, 0.15) is 5.75 Å². The van der Waals surface area contributed by atoms with Crippen LogP contribution in [0.5, 0.6) is 5.75 Å². The lowest BCUT2D eigenvalue weighted by molar-refractivity contribution is 0.0474. The van der Waals surface area contributed by atoms with Crippen molar-refractivity contribution in [3.63, 3.8) is 0 Å². The standard InChI is InChI=1S/C12H15NO3/c14-10-5-3-9(4-6-10)12(16)13-7-1-2-11(15)8-13/h3-6,11,14-15H,1-2,7-8H2. The topological polar surface area (TPSA) is 60.8 Å². The third-order valence-corrected chi connectivity index (χ3v) is 2.80. The maximum Gasteiger partial charge on any atom is 0.253 e. The summed E-state index contributed by atoms with van der Waals surface area (Å²) < 4.78 is 0. The maximum absolute atomic E-state index is 12.0. The van der Waals surface area contributed by atoms with Gasteiger partial charge in [-0.2, -0.15) is 0 Å². The molecule has 0 bridgehead atoms. The summed E-state index contributed by atoms with van der Waals surface area (Å²) in [5.41, 5.74) is 0.548. The fourth-order valence-electron chi connectivity index (χ4n) is 1.93. The van der Waals surface area contributed by atoms with E-state index in [2.05, 4.69) is 0 Å². The zero-order valence-electron chi connectivity index (χ0n) is 8.97. The SMILES string of the molecule is O=C(c1ccc(O)cc1)N1CCCC(O)C1. The molecule has 1 aliphatic rings. The zero-order valence-corrected chi connectivity index (χ0v) is 8.97. The van der Waals surface area contributed by atoms with Crippen LogP contribution >= 0.6 is 0 Å². The van der Waals surface area contributed by atoms with Crippen LogP contribution in [0.25, 0.3) is 0 Å². The maximum atomic E-state index is 12.0. The Morgan fingerprint density at radius 3 is 2.62 bits per heavy atom.